The molecule has 1 aliphatic rings. The van der Waals surface area contributed by atoms with Gasteiger partial charge in [0, 0.05) is 6.54 Å². The number of hydrogen-bond donors (Lipinski definition) is 1. The molecule has 0 aromatic rings. The van der Waals surface area contributed by atoms with E-state index in [1.165, 1.54) is 17.9 Å². The van der Waals surface area contributed by atoms with E-state index in [1.807, 2.05) is 25.6 Å². The van der Waals surface area contributed by atoms with E-state index >= 15 is 0 Å². The van der Waals surface area contributed by atoms with Gasteiger partial charge in [-0.05, 0) is 63.6 Å². The van der Waals surface area contributed by atoms with E-state index in [9.17, 15) is 9.90 Å². The van der Waals surface area contributed by atoms with Crippen LogP contribution in [0.2, 0.25) is 0 Å². The minimum atomic E-state index is -0.657. The molecule has 1 heterocycles. The molecule has 1 atom stereocenters. The highest BCUT2D eigenvalue weighted by molar-refractivity contribution is 7.99. The van der Waals surface area contributed by atoms with Crippen LogP contribution in [0.3, 0.4) is 0 Å². The highest BCUT2D eigenvalue weighted by atomic mass is 32.2. The molecule has 0 aromatic heterocycles. The lowest BCUT2D eigenvalue weighted by Gasteiger charge is -2.39. The Bertz CT molecular complexity index is 269. The molecule has 1 N–H and O–H groups in total. The van der Waals surface area contributed by atoms with E-state index in [4.69, 9.17) is 0 Å². The first kappa shape index (κ1) is 15.8. The Labute approximate surface area is 115 Å². The van der Waals surface area contributed by atoms with Crippen molar-refractivity contribution >= 4 is 17.7 Å². The molecule has 0 aliphatic carbocycles. The lowest BCUT2D eigenvalue weighted by atomic mass is 9.74. The summed E-state index contributed by atoms with van der Waals surface area (Å²) in [4.78, 5) is 13.8. The van der Waals surface area contributed by atoms with Crippen molar-refractivity contribution in [1.29, 1.82) is 0 Å². The van der Waals surface area contributed by atoms with Crippen LogP contribution in [0, 0.1) is 11.3 Å². The van der Waals surface area contributed by atoms with Crippen LogP contribution < -0.4 is 0 Å². The van der Waals surface area contributed by atoms with Crippen LogP contribution in [0.25, 0.3) is 0 Å². The molecule has 3 nitrogen and oxygen atoms in total. The first-order valence-electron chi connectivity index (χ1n) is 7.02. The zero-order valence-electron chi connectivity index (χ0n) is 11.9. The molecular weight excluding hydrogens is 246 g/mol. The third-order valence-electron chi connectivity index (χ3n) is 4.04. The largest absolute Gasteiger partial charge is 0.481 e. The van der Waals surface area contributed by atoms with Gasteiger partial charge in [-0.3, -0.25) is 4.79 Å². The second-order valence-electron chi connectivity index (χ2n) is 5.72. The van der Waals surface area contributed by atoms with Crippen LogP contribution in [-0.4, -0.2) is 47.1 Å². The number of aliphatic carboxylic acids is 1. The van der Waals surface area contributed by atoms with Crippen molar-refractivity contribution in [3.8, 4) is 0 Å². The van der Waals surface area contributed by atoms with Crippen molar-refractivity contribution in [2.45, 2.75) is 40.0 Å². The molecule has 4 heteroatoms. The molecule has 18 heavy (non-hydrogen) atoms. The number of likely N-dealkylation sites (tertiary alicyclic amines) is 1. The van der Waals surface area contributed by atoms with E-state index in [1.54, 1.807) is 0 Å². The predicted octanol–water partition coefficient (Wildman–Crippen LogP) is 2.95. The molecular formula is C14H27NO2S. The first-order valence-corrected chi connectivity index (χ1v) is 8.17. The summed E-state index contributed by atoms with van der Waals surface area (Å²) in [5, 5.41) is 9.30. The fraction of sp³-hybridized carbons (Fsp3) is 0.929. The van der Waals surface area contributed by atoms with E-state index in [-0.39, 0.29) is 0 Å². The number of rotatable bonds is 7. The summed E-state index contributed by atoms with van der Waals surface area (Å²) in [5.41, 5.74) is -0.586. The van der Waals surface area contributed by atoms with Crippen LogP contribution >= 0.6 is 11.8 Å². The molecule has 0 aromatic carbocycles. The van der Waals surface area contributed by atoms with Crippen molar-refractivity contribution in [3.05, 3.63) is 0 Å². The number of carboxylic acids is 1. The van der Waals surface area contributed by atoms with E-state index in [0.29, 0.717) is 5.92 Å². The smallest absolute Gasteiger partial charge is 0.309 e. The van der Waals surface area contributed by atoms with Crippen LogP contribution in [0.5, 0.6) is 0 Å². The Hall–Kier alpha value is -0.220. The van der Waals surface area contributed by atoms with Crippen LogP contribution in [0.15, 0.2) is 0 Å². The normalized spacial score (nSPS) is 22.1. The average Bonchev–Trinajstić information content (AvgIpc) is 2.35. The molecule has 1 fully saturated rings. The van der Waals surface area contributed by atoms with Crippen molar-refractivity contribution in [2.24, 2.45) is 11.3 Å². The van der Waals surface area contributed by atoms with Gasteiger partial charge in [-0.1, -0.05) is 6.92 Å². The summed E-state index contributed by atoms with van der Waals surface area (Å²) in [6.45, 7) is 9.15. The molecule has 1 rings (SSSR count). The molecule has 0 bridgehead atoms. The van der Waals surface area contributed by atoms with Crippen molar-refractivity contribution < 1.29 is 9.90 Å². The van der Waals surface area contributed by atoms with Gasteiger partial charge in [0.1, 0.15) is 0 Å². The van der Waals surface area contributed by atoms with Gasteiger partial charge in [0.25, 0.3) is 0 Å². The van der Waals surface area contributed by atoms with Crippen LogP contribution in [0.4, 0.5) is 0 Å². The number of piperidine rings is 1. The topological polar surface area (TPSA) is 40.5 Å². The highest BCUT2D eigenvalue weighted by Gasteiger charge is 2.38. The maximum atomic E-state index is 11.3. The number of thioether (sulfide) groups is 1. The Balaban J connectivity index is 2.39. The summed E-state index contributed by atoms with van der Waals surface area (Å²) in [5.74, 6) is 2.05. The summed E-state index contributed by atoms with van der Waals surface area (Å²) < 4.78 is 0. The van der Waals surface area contributed by atoms with Gasteiger partial charge in [-0.25, -0.2) is 0 Å². The Morgan fingerprint density at radius 1 is 1.50 bits per heavy atom. The highest BCUT2D eigenvalue weighted by Crippen LogP contribution is 2.34. The van der Waals surface area contributed by atoms with Gasteiger partial charge in [0.2, 0.25) is 0 Å². The summed E-state index contributed by atoms with van der Waals surface area (Å²) >= 11 is 1.99. The lowest BCUT2D eigenvalue weighted by molar-refractivity contribution is -0.151. The summed E-state index contributed by atoms with van der Waals surface area (Å²) in [7, 11) is 0. The third-order valence-corrected chi connectivity index (χ3v) is 5.03. The molecule has 0 spiro atoms. The maximum absolute atomic E-state index is 11.3. The third kappa shape index (κ3) is 4.47. The zero-order valence-corrected chi connectivity index (χ0v) is 12.8. The Kier molecular flexibility index (Phi) is 6.50. The molecule has 1 unspecified atom stereocenters. The summed E-state index contributed by atoms with van der Waals surface area (Å²) in [6, 6.07) is 0. The summed E-state index contributed by atoms with van der Waals surface area (Å²) in [6.07, 6.45) is 3.42. The van der Waals surface area contributed by atoms with E-state index in [2.05, 4.69) is 11.8 Å². The SMILES string of the molecule is CCSCCCN1CCCC(C(C)(C)C(=O)O)C1. The Morgan fingerprint density at radius 3 is 2.83 bits per heavy atom. The van der Waals surface area contributed by atoms with Gasteiger partial charge < -0.3 is 10.0 Å². The van der Waals surface area contributed by atoms with Crippen molar-refractivity contribution in [3.63, 3.8) is 0 Å². The molecule has 0 amide bonds. The first-order chi connectivity index (χ1) is 8.48. The maximum Gasteiger partial charge on any atom is 0.309 e. The standard InChI is InChI=1S/C14H27NO2S/c1-4-18-10-6-9-15-8-5-7-12(11-15)14(2,3)13(16)17/h12H,4-11H2,1-3H3,(H,16,17). The number of hydrogen-bond acceptors (Lipinski definition) is 3. The van der Waals surface area contributed by atoms with Gasteiger partial charge in [0.15, 0.2) is 0 Å². The minimum Gasteiger partial charge on any atom is -0.481 e. The molecule has 0 radical (unpaired) electrons. The van der Waals surface area contributed by atoms with E-state index in [0.717, 1.165) is 32.5 Å². The molecule has 0 saturated carbocycles. The van der Waals surface area contributed by atoms with Gasteiger partial charge in [0.05, 0.1) is 5.41 Å². The fourth-order valence-electron chi connectivity index (χ4n) is 2.56. The second-order valence-corrected chi connectivity index (χ2v) is 7.11. The fourth-order valence-corrected chi connectivity index (χ4v) is 3.18. The van der Waals surface area contributed by atoms with Gasteiger partial charge >= 0.3 is 5.97 Å². The monoisotopic (exact) mass is 273 g/mol. The van der Waals surface area contributed by atoms with E-state index < -0.39 is 11.4 Å². The number of carbonyl (C=O) groups is 1. The second kappa shape index (κ2) is 7.39. The quantitative estimate of drug-likeness (QED) is 0.724. The molecule has 1 saturated heterocycles. The number of nitrogens with zero attached hydrogens (tertiary/aromatic N) is 1. The van der Waals surface area contributed by atoms with Crippen LogP contribution in [-0.2, 0) is 4.79 Å². The predicted molar refractivity (Wildman–Crippen MR) is 78.2 cm³/mol. The lowest BCUT2D eigenvalue weighted by Crippen LogP contribution is -2.45. The zero-order chi connectivity index (χ0) is 13.6. The van der Waals surface area contributed by atoms with Crippen molar-refractivity contribution in [1.82, 2.24) is 4.90 Å². The van der Waals surface area contributed by atoms with Crippen molar-refractivity contribution in [2.75, 3.05) is 31.1 Å². The van der Waals surface area contributed by atoms with Gasteiger partial charge in [-0.2, -0.15) is 11.8 Å². The Morgan fingerprint density at radius 2 is 2.22 bits per heavy atom. The number of carboxylic acid groups (broad SMARTS) is 1. The van der Waals surface area contributed by atoms with Crippen LogP contribution in [0.1, 0.15) is 40.0 Å². The minimum absolute atomic E-state index is 0.294. The average molecular weight is 273 g/mol. The van der Waals surface area contributed by atoms with Gasteiger partial charge in [-0.15, -0.1) is 0 Å². The molecule has 1 aliphatic heterocycles. The molecule has 106 valence electrons.